The molecule has 0 fully saturated rings. The molecule has 0 aliphatic carbocycles. The molecule has 0 bridgehead atoms. The Morgan fingerprint density at radius 1 is 1.21 bits per heavy atom. The lowest BCUT2D eigenvalue weighted by Gasteiger charge is -2.28. The monoisotopic (exact) mass is 416 g/mol. The molecule has 0 atom stereocenters. The van der Waals surface area contributed by atoms with Gasteiger partial charge in [-0.15, -0.1) is 0 Å². The number of ether oxygens (including phenoxy) is 2. The van der Waals surface area contributed by atoms with Crippen molar-refractivity contribution in [3.05, 3.63) is 50.2 Å². The fourth-order valence-electron chi connectivity index (χ4n) is 3.96. The summed E-state index contributed by atoms with van der Waals surface area (Å²) in [5.74, 6) is 1.78. The molecular formula is C21H25ClN4O3. The Kier molecular flexibility index (Phi) is 5.87. The maximum atomic E-state index is 12.7. The van der Waals surface area contributed by atoms with Crippen molar-refractivity contribution in [1.29, 1.82) is 0 Å². The molecule has 2 aliphatic heterocycles. The average molecular weight is 417 g/mol. The first kappa shape index (κ1) is 19.9. The smallest absolute Gasteiger partial charge is 0.255 e. The van der Waals surface area contributed by atoms with Crippen LogP contribution in [0.15, 0.2) is 21.9 Å². The van der Waals surface area contributed by atoms with Crippen LogP contribution in [0.1, 0.15) is 41.9 Å². The van der Waals surface area contributed by atoms with Gasteiger partial charge in [0, 0.05) is 32.6 Å². The zero-order valence-corrected chi connectivity index (χ0v) is 17.5. The number of hydrogen-bond acceptors (Lipinski definition) is 6. The number of methoxy groups -OCH3 is 2. The predicted octanol–water partition coefficient (Wildman–Crippen LogP) is 2.97. The van der Waals surface area contributed by atoms with Crippen molar-refractivity contribution in [3.8, 4) is 11.5 Å². The lowest BCUT2D eigenvalue weighted by Crippen LogP contribution is -2.36. The third-order valence-electron chi connectivity index (χ3n) is 5.44. The summed E-state index contributed by atoms with van der Waals surface area (Å²) in [6, 6.07) is 3.80. The van der Waals surface area contributed by atoms with Gasteiger partial charge in [-0.1, -0.05) is 11.6 Å². The van der Waals surface area contributed by atoms with Gasteiger partial charge in [-0.2, -0.15) is 0 Å². The Bertz CT molecular complexity index is 1000. The van der Waals surface area contributed by atoms with Gasteiger partial charge in [0.05, 0.1) is 36.2 Å². The number of benzene rings is 1. The van der Waals surface area contributed by atoms with Crippen molar-refractivity contribution in [2.24, 2.45) is 4.99 Å². The number of hydrogen-bond donors (Lipinski definition) is 1. The highest BCUT2D eigenvalue weighted by Crippen LogP contribution is 2.36. The maximum Gasteiger partial charge on any atom is 0.255 e. The molecule has 0 unspecified atom stereocenters. The van der Waals surface area contributed by atoms with Gasteiger partial charge in [-0.05, 0) is 37.0 Å². The van der Waals surface area contributed by atoms with Gasteiger partial charge in [0.1, 0.15) is 0 Å². The van der Waals surface area contributed by atoms with Crippen LogP contribution in [0.2, 0.25) is 5.02 Å². The largest absolute Gasteiger partial charge is 0.493 e. The van der Waals surface area contributed by atoms with Crippen molar-refractivity contribution >= 4 is 17.3 Å². The van der Waals surface area contributed by atoms with Crippen LogP contribution in [-0.4, -0.2) is 47.9 Å². The minimum atomic E-state index is -0.0617. The van der Waals surface area contributed by atoms with E-state index in [0.29, 0.717) is 35.4 Å². The zero-order chi connectivity index (χ0) is 20.4. The van der Waals surface area contributed by atoms with E-state index in [2.05, 4.69) is 14.9 Å². The van der Waals surface area contributed by atoms with Crippen LogP contribution in [0.4, 0.5) is 0 Å². The molecule has 1 N–H and O–H groups in total. The minimum absolute atomic E-state index is 0.0617. The van der Waals surface area contributed by atoms with E-state index in [1.54, 1.807) is 14.2 Å². The Morgan fingerprint density at radius 2 is 2.07 bits per heavy atom. The molecule has 3 heterocycles. The normalized spacial score (nSPS) is 16.9. The molecule has 8 heteroatoms. The van der Waals surface area contributed by atoms with Gasteiger partial charge in [-0.3, -0.25) is 14.7 Å². The fourth-order valence-corrected chi connectivity index (χ4v) is 4.27. The molecule has 7 nitrogen and oxygen atoms in total. The number of nitrogens with one attached hydrogen (secondary N) is 1. The quantitative estimate of drug-likeness (QED) is 0.810. The van der Waals surface area contributed by atoms with Crippen molar-refractivity contribution in [2.45, 2.75) is 38.8 Å². The molecule has 0 spiro atoms. The van der Waals surface area contributed by atoms with Crippen molar-refractivity contribution in [1.82, 2.24) is 14.9 Å². The summed E-state index contributed by atoms with van der Waals surface area (Å²) in [6.45, 7) is 2.85. The second-order valence-corrected chi connectivity index (χ2v) is 7.81. The van der Waals surface area contributed by atoms with Gasteiger partial charge in [-0.25, -0.2) is 4.98 Å². The van der Waals surface area contributed by atoms with Gasteiger partial charge < -0.3 is 14.5 Å². The Labute approximate surface area is 174 Å². The highest BCUT2D eigenvalue weighted by atomic mass is 35.5. The molecule has 1 aromatic carbocycles. The molecule has 4 rings (SSSR count). The Hall–Kier alpha value is -2.38. The van der Waals surface area contributed by atoms with Crippen LogP contribution < -0.4 is 15.0 Å². The summed E-state index contributed by atoms with van der Waals surface area (Å²) in [5.41, 5.74) is 3.50. The Morgan fingerprint density at radius 3 is 2.79 bits per heavy atom. The van der Waals surface area contributed by atoms with Gasteiger partial charge in [0.25, 0.3) is 5.56 Å². The van der Waals surface area contributed by atoms with Gasteiger partial charge in [0.2, 0.25) is 0 Å². The number of fused-ring (bicyclic) bond motifs is 1. The molecular weight excluding hydrogens is 392 g/mol. The molecule has 0 amide bonds. The second kappa shape index (κ2) is 8.55. The van der Waals surface area contributed by atoms with E-state index in [1.807, 2.05) is 12.1 Å². The first-order chi connectivity index (χ1) is 14.1. The summed E-state index contributed by atoms with van der Waals surface area (Å²) >= 11 is 6.33. The summed E-state index contributed by atoms with van der Waals surface area (Å²) in [4.78, 5) is 27.2. The maximum absolute atomic E-state index is 12.7. The number of nitrogens with zero attached hydrogens (tertiary/aromatic N) is 3. The van der Waals surface area contributed by atoms with Gasteiger partial charge in [0.15, 0.2) is 17.3 Å². The molecule has 2 aliphatic rings. The third kappa shape index (κ3) is 4.16. The molecule has 29 heavy (non-hydrogen) atoms. The van der Waals surface area contributed by atoms with Crippen LogP contribution in [0.25, 0.3) is 0 Å². The summed E-state index contributed by atoms with van der Waals surface area (Å²) in [6.07, 6.45) is 3.82. The van der Waals surface area contributed by atoms with Gasteiger partial charge >= 0.3 is 0 Å². The lowest BCUT2D eigenvalue weighted by molar-refractivity contribution is 0.241. The highest BCUT2D eigenvalue weighted by molar-refractivity contribution is 6.32. The topological polar surface area (TPSA) is 79.8 Å². The van der Waals surface area contributed by atoms with E-state index in [4.69, 9.17) is 26.1 Å². The molecule has 2 aromatic rings. The number of H-pyrrole nitrogens is 1. The van der Waals surface area contributed by atoms with Crippen LogP contribution >= 0.6 is 11.6 Å². The van der Waals surface area contributed by atoms with E-state index in [9.17, 15) is 4.79 Å². The van der Waals surface area contributed by atoms with Crippen molar-refractivity contribution < 1.29 is 9.47 Å². The molecule has 0 saturated heterocycles. The minimum Gasteiger partial charge on any atom is -0.493 e. The van der Waals surface area contributed by atoms with Crippen molar-refractivity contribution in [3.63, 3.8) is 0 Å². The standard InChI is InChI=1S/C21H25ClN4O3/c1-28-18-10-13(9-15(22)19(18)29-2)11-26-8-6-16-14(12-26)21(27)25-20(24-16)17-5-3-4-7-23-17/h9-10H,3-8,11-12H2,1-2H3,(H,24,25,27). The van der Waals surface area contributed by atoms with Crippen LogP contribution in [0.3, 0.4) is 0 Å². The van der Waals surface area contributed by atoms with E-state index in [-0.39, 0.29) is 5.56 Å². The number of aromatic amines is 1. The van der Waals surface area contributed by atoms with E-state index < -0.39 is 0 Å². The first-order valence-electron chi connectivity index (χ1n) is 9.87. The first-order valence-corrected chi connectivity index (χ1v) is 10.3. The summed E-state index contributed by atoms with van der Waals surface area (Å²) in [5, 5.41) is 0.511. The van der Waals surface area contributed by atoms with Crippen LogP contribution in [0.5, 0.6) is 11.5 Å². The van der Waals surface area contributed by atoms with E-state index >= 15 is 0 Å². The highest BCUT2D eigenvalue weighted by Gasteiger charge is 2.23. The summed E-state index contributed by atoms with van der Waals surface area (Å²) in [7, 11) is 3.16. The number of aliphatic imine (C=N–C) groups is 1. The molecule has 0 radical (unpaired) electrons. The third-order valence-corrected chi connectivity index (χ3v) is 5.73. The summed E-state index contributed by atoms with van der Waals surface area (Å²) < 4.78 is 10.7. The van der Waals surface area contributed by atoms with E-state index in [1.165, 1.54) is 0 Å². The molecule has 0 saturated carbocycles. The second-order valence-electron chi connectivity index (χ2n) is 7.40. The number of rotatable bonds is 5. The van der Waals surface area contributed by atoms with Crippen molar-refractivity contribution in [2.75, 3.05) is 27.3 Å². The van der Waals surface area contributed by atoms with E-state index in [0.717, 1.165) is 61.3 Å². The predicted molar refractivity (Wildman–Crippen MR) is 112 cm³/mol. The number of aromatic nitrogens is 2. The van der Waals surface area contributed by atoms with Crippen LogP contribution in [0, 0.1) is 0 Å². The zero-order valence-electron chi connectivity index (χ0n) is 16.8. The average Bonchev–Trinajstić information content (AvgIpc) is 2.74. The lowest BCUT2D eigenvalue weighted by atomic mass is 10.0. The number of halogens is 1. The Balaban J connectivity index is 1.54. The SMILES string of the molecule is COc1cc(CN2CCc3nc(C4=NCCCC4)[nH]c(=O)c3C2)cc(Cl)c1OC. The molecule has 154 valence electrons. The van der Waals surface area contributed by atoms with Crippen LogP contribution in [-0.2, 0) is 19.5 Å². The molecule has 1 aromatic heterocycles. The fraction of sp³-hybridized carbons (Fsp3) is 0.476.